The molecule has 120 valence electrons. The normalized spacial score (nSPS) is 18.6. The van der Waals surface area contributed by atoms with Crippen molar-refractivity contribution in [3.63, 3.8) is 0 Å². The first kappa shape index (κ1) is 16.6. The Morgan fingerprint density at radius 1 is 1.18 bits per heavy atom. The number of ether oxygens (including phenoxy) is 2. The monoisotopic (exact) mass is 306 g/mol. The van der Waals surface area contributed by atoms with Crippen molar-refractivity contribution < 1.29 is 19.0 Å². The highest BCUT2D eigenvalue weighted by atomic mass is 19.1. The molecule has 0 bridgehead atoms. The molecule has 1 aliphatic rings. The second kappa shape index (κ2) is 6.97. The number of aliphatic hydroxyl groups excluding tert-OH is 1. The third-order valence-electron chi connectivity index (χ3n) is 3.35. The smallest absolute Gasteiger partial charge is 0.119 e. The van der Waals surface area contributed by atoms with Gasteiger partial charge in [0.15, 0.2) is 0 Å². The standard InChI is InChI=1S/C18H23FO3/c1-18(2,3)22-11-10-21-15-7-4-13(5-8-15)16-9-6-14(20)12-17(16)19/h4-8,12,16,20H,9-11H2,1-3H3. The van der Waals surface area contributed by atoms with E-state index < -0.39 is 0 Å². The van der Waals surface area contributed by atoms with Gasteiger partial charge in [-0.15, -0.1) is 0 Å². The SMILES string of the molecule is CC(C)(C)OCCOc1ccc(C2CC=C(O)C=C2F)cc1. The van der Waals surface area contributed by atoms with E-state index in [0.717, 1.165) is 11.3 Å². The Kier molecular flexibility index (Phi) is 5.24. The van der Waals surface area contributed by atoms with Crippen LogP contribution in [0.1, 0.15) is 38.7 Å². The molecule has 1 aliphatic carbocycles. The van der Waals surface area contributed by atoms with Crippen molar-refractivity contribution >= 4 is 0 Å². The van der Waals surface area contributed by atoms with Gasteiger partial charge in [-0.2, -0.15) is 0 Å². The van der Waals surface area contributed by atoms with E-state index in [1.165, 1.54) is 6.08 Å². The summed E-state index contributed by atoms with van der Waals surface area (Å²) in [5.74, 6) is 0.0915. The number of benzene rings is 1. The van der Waals surface area contributed by atoms with Crippen LogP contribution in [0.4, 0.5) is 4.39 Å². The first-order valence-corrected chi connectivity index (χ1v) is 7.48. The molecule has 0 heterocycles. The molecule has 1 unspecified atom stereocenters. The molecule has 3 nitrogen and oxygen atoms in total. The molecule has 0 aromatic heterocycles. The molecule has 22 heavy (non-hydrogen) atoms. The van der Waals surface area contributed by atoms with Gasteiger partial charge >= 0.3 is 0 Å². The average Bonchev–Trinajstić information content (AvgIpc) is 2.44. The highest BCUT2D eigenvalue weighted by Crippen LogP contribution is 2.34. The minimum atomic E-state index is -0.325. The molecule has 0 aliphatic heterocycles. The largest absolute Gasteiger partial charge is 0.508 e. The van der Waals surface area contributed by atoms with Crippen LogP contribution in [0.15, 0.2) is 48.0 Å². The minimum absolute atomic E-state index is 0.00690. The Morgan fingerprint density at radius 2 is 1.86 bits per heavy atom. The lowest BCUT2D eigenvalue weighted by Crippen LogP contribution is -2.22. The third-order valence-corrected chi connectivity index (χ3v) is 3.35. The van der Waals surface area contributed by atoms with Crippen LogP contribution in [-0.4, -0.2) is 23.9 Å². The van der Waals surface area contributed by atoms with Gasteiger partial charge in [0, 0.05) is 12.0 Å². The number of rotatable bonds is 5. The maximum Gasteiger partial charge on any atom is 0.119 e. The van der Waals surface area contributed by atoms with E-state index in [-0.39, 0.29) is 23.1 Å². The van der Waals surface area contributed by atoms with Gasteiger partial charge in [-0.25, -0.2) is 4.39 Å². The molecule has 2 rings (SSSR count). The number of aliphatic hydroxyl groups is 1. The van der Waals surface area contributed by atoms with Crippen LogP contribution in [0.2, 0.25) is 0 Å². The fraction of sp³-hybridized carbons (Fsp3) is 0.444. The number of hydrogen-bond acceptors (Lipinski definition) is 3. The van der Waals surface area contributed by atoms with E-state index >= 15 is 0 Å². The second-order valence-corrected chi connectivity index (χ2v) is 6.32. The molecule has 1 atom stereocenters. The molecule has 1 N–H and O–H groups in total. The zero-order valence-corrected chi connectivity index (χ0v) is 13.3. The van der Waals surface area contributed by atoms with E-state index in [1.54, 1.807) is 6.08 Å². The Labute approximate surface area is 131 Å². The minimum Gasteiger partial charge on any atom is -0.508 e. The van der Waals surface area contributed by atoms with Crippen LogP contribution in [0, 0.1) is 0 Å². The molecule has 1 aromatic carbocycles. The highest BCUT2D eigenvalue weighted by molar-refractivity contribution is 5.36. The number of allylic oxidation sites excluding steroid dienone is 3. The van der Waals surface area contributed by atoms with Crippen molar-refractivity contribution in [3.8, 4) is 5.75 Å². The third kappa shape index (κ3) is 4.88. The van der Waals surface area contributed by atoms with Gasteiger partial charge in [0.1, 0.15) is 23.9 Å². The number of hydrogen-bond donors (Lipinski definition) is 1. The lowest BCUT2D eigenvalue weighted by Gasteiger charge is -2.20. The highest BCUT2D eigenvalue weighted by Gasteiger charge is 2.20. The predicted octanol–water partition coefficient (Wildman–Crippen LogP) is 4.66. The van der Waals surface area contributed by atoms with Gasteiger partial charge in [-0.1, -0.05) is 12.1 Å². The van der Waals surface area contributed by atoms with Gasteiger partial charge < -0.3 is 14.6 Å². The van der Waals surface area contributed by atoms with Crippen molar-refractivity contribution in [2.75, 3.05) is 13.2 Å². The van der Waals surface area contributed by atoms with E-state index in [9.17, 15) is 9.50 Å². The van der Waals surface area contributed by atoms with Gasteiger partial charge in [0.05, 0.1) is 12.2 Å². The van der Waals surface area contributed by atoms with Crippen LogP contribution in [0.3, 0.4) is 0 Å². The summed E-state index contributed by atoms with van der Waals surface area (Å²) in [6.45, 7) is 7.00. The summed E-state index contributed by atoms with van der Waals surface area (Å²) in [6, 6.07) is 7.37. The zero-order valence-electron chi connectivity index (χ0n) is 13.3. The molecule has 0 spiro atoms. The first-order chi connectivity index (χ1) is 10.3. The Balaban J connectivity index is 1.87. The molecule has 0 fully saturated rings. The second-order valence-electron chi connectivity index (χ2n) is 6.32. The maximum atomic E-state index is 13.9. The van der Waals surface area contributed by atoms with Crippen LogP contribution in [-0.2, 0) is 4.74 Å². The fourth-order valence-electron chi connectivity index (χ4n) is 2.25. The van der Waals surface area contributed by atoms with E-state index in [4.69, 9.17) is 9.47 Å². The zero-order chi connectivity index (χ0) is 16.2. The van der Waals surface area contributed by atoms with E-state index in [0.29, 0.717) is 19.6 Å². The van der Waals surface area contributed by atoms with Crippen molar-refractivity contribution in [2.24, 2.45) is 0 Å². The summed E-state index contributed by atoms with van der Waals surface area (Å²) < 4.78 is 25.0. The number of halogens is 1. The van der Waals surface area contributed by atoms with Crippen molar-refractivity contribution in [3.05, 3.63) is 53.6 Å². The lowest BCUT2D eigenvalue weighted by atomic mass is 9.91. The topological polar surface area (TPSA) is 38.7 Å². The van der Waals surface area contributed by atoms with Crippen LogP contribution in [0.25, 0.3) is 0 Å². The van der Waals surface area contributed by atoms with Gasteiger partial charge in [-0.05, 0) is 51.0 Å². The van der Waals surface area contributed by atoms with E-state index in [1.807, 2.05) is 45.0 Å². The maximum absolute atomic E-state index is 13.9. The molecule has 0 radical (unpaired) electrons. The Bertz CT molecular complexity index is 553. The predicted molar refractivity (Wildman–Crippen MR) is 84.9 cm³/mol. The van der Waals surface area contributed by atoms with Crippen LogP contribution >= 0.6 is 0 Å². The first-order valence-electron chi connectivity index (χ1n) is 7.48. The molecule has 0 amide bonds. The average molecular weight is 306 g/mol. The van der Waals surface area contributed by atoms with Crippen LogP contribution < -0.4 is 4.74 Å². The van der Waals surface area contributed by atoms with Crippen LogP contribution in [0.5, 0.6) is 5.75 Å². The molecule has 0 saturated carbocycles. The summed E-state index contributed by atoms with van der Waals surface area (Å²) in [5.41, 5.74) is 0.702. The summed E-state index contributed by atoms with van der Waals surface area (Å²) in [4.78, 5) is 0. The Hall–Kier alpha value is -1.81. The molecular weight excluding hydrogens is 283 g/mol. The van der Waals surface area contributed by atoms with Gasteiger partial charge in [0.2, 0.25) is 0 Å². The summed E-state index contributed by atoms with van der Waals surface area (Å²) >= 11 is 0. The fourth-order valence-corrected chi connectivity index (χ4v) is 2.25. The lowest BCUT2D eigenvalue weighted by molar-refractivity contribution is -0.0163. The van der Waals surface area contributed by atoms with Crippen molar-refractivity contribution in [1.82, 2.24) is 0 Å². The molecule has 0 saturated heterocycles. The molecule has 4 heteroatoms. The molecular formula is C18H23FO3. The summed E-state index contributed by atoms with van der Waals surface area (Å²) in [7, 11) is 0. The van der Waals surface area contributed by atoms with Gasteiger partial charge in [0.25, 0.3) is 0 Å². The molecule has 1 aromatic rings. The van der Waals surface area contributed by atoms with Gasteiger partial charge in [-0.3, -0.25) is 0 Å². The van der Waals surface area contributed by atoms with E-state index in [2.05, 4.69) is 0 Å². The van der Waals surface area contributed by atoms with Crippen molar-refractivity contribution in [2.45, 2.75) is 38.7 Å². The summed E-state index contributed by atoms with van der Waals surface area (Å²) in [5, 5.41) is 9.28. The quantitative estimate of drug-likeness (QED) is 0.804. The summed E-state index contributed by atoms with van der Waals surface area (Å²) in [6.07, 6.45) is 3.26. The Morgan fingerprint density at radius 3 is 2.45 bits per heavy atom. The van der Waals surface area contributed by atoms with Crippen molar-refractivity contribution in [1.29, 1.82) is 0 Å².